The molecule has 0 bridgehead atoms. The van der Waals surface area contributed by atoms with Crippen molar-refractivity contribution in [3.05, 3.63) is 35.4 Å². The molecular weight excluding hydrogens is 250 g/mol. The topological polar surface area (TPSA) is 49.5 Å². The highest BCUT2D eigenvalue weighted by atomic mass is 19.1. The molecule has 2 rings (SSSR count). The van der Waals surface area contributed by atoms with Gasteiger partial charge in [0.2, 0.25) is 0 Å². The minimum atomic E-state index is -0.597. The van der Waals surface area contributed by atoms with Crippen molar-refractivity contribution in [1.29, 1.82) is 0 Å². The van der Waals surface area contributed by atoms with Gasteiger partial charge >= 0.3 is 0 Å². The van der Waals surface area contributed by atoms with E-state index >= 15 is 0 Å². The first-order valence-electron chi connectivity index (χ1n) is 6.66. The standard InChI is InChI=1S/C14H20F2N2O/c15-11-6-10(7-12(16)8-11)14(17)3-5-18-4-1-2-13(18)9-19/h6-8,13-14,19H,1-5,9,17H2. The molecule has 2 atom stereocenters. The highest BCUT2D eigenvalue weighted by molar-refractivity contribution is 5.21. The molecule has 0 amide bonds. The van der Waals surface area contributed by atoms with Crippen LogP contribution in [0.15, 0.2) is 18.2 Å². The van der Waals surface area contributed by atoms with Crippen LogP contribution in [0.4, 0.5) is 8.78 Å². The maximum absolute atomic E-state index is 13.1. The van der Waals surface area contributed by atoms with Crippen LogP contribution >= 0.6 is 0 Å². The van der Waals surface area contributed by atoms with Gasteiger partial charge in [0.1, 0.15) is 11.6 Å². The quantitative estimate of drug-likeness (QED) is 0.858. The maximum Gasteiger partial charge on any atom is 0.126 e. The van der Waals surface area contributed by atoms with Crippen LogP contribution in [0, 0.1) is 11.6 Å². The van der Waals surface area contributed by atoms with E-state index in [4.69, 9.17) is 5.73 Å². The van der Waals surface area contributed by atoms with E-state index in [1.54, 1.807) is 0 Å². The molecule has 1 aromatic carbocycles. The van der Waals surface area contributed by atoms with Gasteiger partial charge in [0, 0.05) is 24.7 Å². The molecule has 2 unspecified atom stereocenters. The molecule has 19 heavy (non-hydrogen) atoms. The molecule has 106 valence electrons. The van der Waals surface area contributed by atoms with Crippen molar-refractivity contribution < 1.29 is 13.9 Å². The fourth-order valence-corrected chi connectivity index (χ4v) is 2.66. The van der Waals surface area contributed by atoms with Crippen LogP contribution in [0.2, 0.25) is 0 Å². The van der Waals surface area contributed by atoms with E-state index in [1.807, 2.05) is 0 Å². The lowest BCUT2D eigenvalue weighted by atomic mass is 10.0. The van der Waals surface area contributed by atoms with E-state index in [1.165, 1.54) is 12.1 Å². The highest BCUT2D eigenvalue weighted by Gasteiger charge is 2.23. The van der Waals surface area contributed by atoms with Crippen molar-refractivity contribution >= 4 is 0 Å². The lowest BCUT2D eigenvalue weighted by molar-refractivity contribution is 0.155. The number of nitrogens with zero attached hydrogens (tertiary/aromatic N) is 1. The molecule has 3 nitrogen and oxygen atoms in total. The molecule has 0 radical (unpaired) electrons. The Balaban J connectivity index is 1.91. The third kappa shape index (κ3) is 3.72. The summed E-state index contributed by atoms with van der Waals surface area (Å²) in [5.41, 5.74) is 6.46. The van der Waals surface area contributed by atoms with Crippen LogP contribution in [-0.2, 0) is 0 Å². The molecule has 0 spiro atoms. The van der Waals surface area contributed by atoms with E-state index < -0.39 is 11.6 Å². The zero-order valence-corrected chi connectivity index (χ0v) is 10.9. The molecule has 1 heterocycles. The van der Waals surface area contributed by atoms with Crippen molar-refractivity contribution in [3.63, 3.8) is 0 Å². The molecule has 1 aromatic rings. The van der Waals surface area contributed by atoms with Gasteiger partial charge in [-0.05, 0) is 43.5 Å². The van der Waals surface area contributed by atoms with E-state index in [0.717, 1.165) is 32.0 Å². The lowest BCUT2D eigenvalue weighted by Gasteiger charge is -2.24. The molecule has 0 saturated carbocycles. The smallest absolute Gasteiger partial charge is 0.126 e. The predicted molar refractivity (Wildman–Crippen MR) is 69.6 cm³/mol. The second-order valence-corrected chi connectivity index (χ2v) is 5.11. The third-order valence-corrected chi connectivity index (χ3v) is 3.75. The Morgan fingerprint density at radius 2 is 2.00 bits per heavy atom. The van der Waals surface area contributed by atoms with Gasteiger partial charge in [0.15, 0.2) is 0 Å². The Kier molecular flexibility index (Phi) is 4.85. The van der Waals surface area contributed by atoms with Crippen molar-refractivity contribution in [2.75, 3.05) is 19.7 Å². The molecular formula is C14H20F2N2O. The summed E-state index contributed by atoms with van der Waals surface area (Å²) in [5, 5.41) is 9.22. The monoisotopic (exact) mass is 270 g/mol. The second-order valence-electron chi connectivity index (χ2n) is 5.11. The average molecular weight is 270 g/mol. The summed E-state index contributed by atoms with van der Waals surface area (Å²) in [6.45, 7) is 1.85. The number of nitrogens with two attached hydrogens (primary N) is 1. The van der Waals surface area contributed by atoms with Gasteiger partial charge in [-0.15, -0.1) is 0 Å². The summed E-state index contributed by atoms with van der Waals surface area (Å²) in [5.74, 6) is -1.19. The molecule has 1 saturated heterocycles. The second kappa shape index (κ2) is 6.41. The Labute approximate surface area is 112 Å². The van der Waals surface area contributed by atoms with E-state index in [9.17, 15) is 13.9 Å². The first-order valence-corrected chi connectivity index (χ1v) is 6.66. The minimum Gasteiger partial charge on any atom is -0.395 e. The highest BCUT2D eigenvalue weighted by Crippen LogP contribution is 2.21. The zero-order chi connectivity index (χ0) is 13.8. The third-order valence-electron chi connectivity index (χ3n) is 3.75. The summed E-state index contributed by atoms with van der Waals surface area (Å²) in [6.07, 6.45) is 2.70. The van der Waals surface area contributed by atoms with Gasteiger partial charge in [-0.2, -0.15) is 0 Å². The molecule has 1 fully saturated rings. The van der Waals surface area contributed by atoms with E-state index in [-0.39, 0.29) is 18.7 Å². The fourth-order valence-electron chi connectivity index (χ4n) is 2.66. The Morgan fingerprint density at radius 3 is 2.63 bits per heavy atom. The van der Waals surface area contributed by atoms with Crippen molar-refractivity contribution in [2.24, 2.45) is 5.73 Å². The normalized spacial score (nSPS) is 21.8. The van der Waals surface area contributed by atoms with Gasteiger partial charge in [-0.3, -0.25) is 4.90 Å². The van der Waals surface area contributed by atoms with Crippen LogP contribution < -0.4 is 5.73 Å². The largest absolute Gasteiger partial charge is 0.395 e. The molecule has 0 aromatic heterocycles. The Hall–Kier alpha value is -1.04. The van der Waals surface area contributed by atoms with Gasteiger partial charge in [0.05, 0.1) is 6.61 Å². The van der Waals surface area contributed by atoms with Crippen LogP contribution in [0.1, 0.15) is 30.9 Å². The predicted octanol–water partition coefficient (Wildman–Crippen LogP) is 1.81. The van der Waals surface area contributed by atoms with Gasteiger partial charge in [0.25, 0.3) is 0 Å². The van der Waals surface area contributed by atoms with Gasteiger partial charge in [-0.25, -0.2) is 8.78 Å². The summed E-state index contributed by atoms with van der Waals surface area (Å²) in [6, 6.07) is 3.22. The van der Waals surface area contributed by atoms with Crippen LogP contribution in [0.5, 0.6) is 0 Å². The molecule has 1 aliphatic heterocycles. The fraction of sp³-hybridized carbons (Fsp3) is 0.571. The number of aliphatic hydroxyl groups is 1. The number of benzene rings is 1. The zero-order valence-electron chi connectivity index (χ0n) is 10.9. The first-order chi connectivity index (χ1) is 9.10. The number of aliphatic hydroxyl groups excluding tert-OH is 1. The summed E-state index contributed by atoms with van der Waals surface area (Å²) in [7, 11) is 0. The van der Waals surface area contributed by atoms with Crippen LogP contribution in [-0.4, -0.2) is 35.7 Å². The molecule has 0 aliphatic carbocycles. The number of hydrogen-bond acceptors (Lipinski definition) is 3. The molecule has 3 N–H and O–H groups in total. The first kappa shape index (κ1) is 14.4. The van der Waals surface area contributed by atoms with Gasteiger partial charge in [-0.1, -0.05) is 0 Å². The van der Waals surface area contributed by atoms with E-state index in [0.29, 0.717) is 12.0 Å². The lowest BCUT2D eigenvalue weighted by Crippen LogP contribution is -2.34. The van der Waals surface area contributed by atoms with Crippen molar-refractivity contribution in [1.82, 2.24) is 4.90 Å². The summed E-state index contributed by atoms with van der Waals surface area (Å²) >= 11 is 0. The number of hydrogen-bond donors (Lipinski definition) is 2. The Morgan fingerprint density at radius 1 is 1.32 bits per heavy atom. The van der Waals surface area contributed by atoms with Crippen LogP contribution in [0.3, 0.4) is 0 Å². The molecule has 5 heteroatoms. The number of likely N-dealkylation sites (tertiary alicyclic amines) is 1. The SMILES string of the molecule is NC(CCN1CCCC1CO)c1cc(F)cc(F)c1. The molecule has 1 aliphatic rings. The average Bonchev–Trinajstić information content (AvgIpc) is 2.82. The maximum atomic E-state index is 13.1. The van der Waals surface area contributed by atoms with E-state index in [2.05, 4.69) is 4.90 Å². The van der Waals surface area contributed by atoms with Gasteiger partial charge < -0.3 is 10.8 Å². The van der Waals surface area contributed by atoms with Crippen LogP contribution in [0.25, 0.3) is 0 Å². The van der Waals surface area contributed by atoms with Crippen molar-refractivity contribution in [2.45, 2.75) is 31.3 Å². The summed E-state index contributed by atoms with van der Waals surface area (Å²) < 4.78 is 26.2. The minimum absolute atomic E-state index is 0.157. The summed E-state index contributed by atoms with van der Waals surface area (Å²) in [4.78, 5) is 2.19. The number of rotatable bonds is 5. The number of halogens is 2. The Bertz CT molecular complexity index is 408. The van der Waals surface area contributed by atoms with Crippen molar-refractivity contribution in [3.8, 4) is 0 Å².